The minimum absolute atomic E-state index is 0. The highest BCUT2D eigenvalue weighted by Crippen LogP contribution is 2.31. The molecule has 0 saturated carbocycles. The van der Waals surface area contributed by atoms with Crippen molar-refractivity contribution >= 4 is 30.1 Å². The van der Waals surface area contributed by atoms with Crippen molar-refractivity contribution in [3.05, 3.63) is 41.2 Å². The van der Waals surface area contributed by atoms with Crippen LogP contribution in [0.25, 0.3) is 5.69 Å². The number of carbonyl (C=O) groups excluding carboxylic acids is 3. The number of nitrogens with zero attached hydrogens (tertiary/aromatic N) is 4. The van der Waals surface area contributed by atoms with Crippen molar-refractivity contribution in [2.24, 2.45) is 5.73 Å². The molecule has 2 aromatic rings. The molecule has 0 radical (unpaired) electrons. The van der Waals surface area contributed by atoms with Gasteiger partial charge in [0.15, 0.2) is 0 Å². The number of halogens is 1. The molecule has 10 heteroatoms. The van der Waals surface area contributed by atoms with Gasteiger partial charge in [-0.25, -0.2) is 4.68 Å². The highest BCUT2D eigenvalue weighted by molar-refractivity contribution is 6.05. The molecule has 3 amide bonds. The number of aromatic nitrogens is 3. The van der Waals surface area contributed by atoms with Gasteiger partial charge in [-0.2, -0.15) is 0 Å². The molecule has 0 bridgehead atoms. The minimum Gasteiger partial charge on any atom is -0.330 e. The van der Waals surface area contributed by atoms with Crippen LogP contribution in [0.15, 0.2) is 24.4 Å². The second kappa shape index (κ2) is 7.45. The van der Waals surface area contributed by atoms with Crippen LogP contribution < -0.4 is 11.1 Å². The minimum atomic E-state index is -0.635. The highest BCUT2D eigenvalue weighted by Gasteiger charge is 2.40. The molecule has 4 rings (SSSR count). The Morgan fingerprint density at radius 3 is 2.81 bits per heavy atom. The van der Waals surface area contributed by atoms with E-state index in [4.69, 9.17) is 5.73 Å². The predicted molar refractivity (Wildman–Crippen MR) is 97.4 cm³/mol. The third kappa shape index (κ3) is 3.31. The van der Waals surface area contributed by atoms with Crippen LogP contribution in [0.2, 0.25) is 0 Å². The number of nitrogens with one attached hydrogen (secondary N) is 1. The molecular weight excluding hydrogens is 372 g/mol. The van der Waals surface area contributed by atoms with Crippen LogP contribution in [0, 0.1) is 0 Å². The molecule has 1 fully saturated rings. The Morgan fingerprint density at radius 1 is 1.26 bits per heavy atom. The maximum absolute atomic E-state index is 12.8. The van der Waals surface area contributed by atoms with Crippen LogP contribution in [-0.2, 0) is 22.6 Å². The van der Waals surface area contributed by atoms with Gasteiger partial charge in [-0.05, 0) is 25.1 Å². The fourth-order valence-corrected chi connectivity index (χ4v) is 3.46. The van der Waals surface area contributed by atoms with Crippen molar-refractivity contribution in [1.82, 2.24) is 25.2 Å². The van der Waals surface area contributed by atoms with E-state index in [1.807, 2.05) is 6.07 Å². The van der Waals surface area contributed by atoms with Gasteiger partial charge in [0.25, 0.3) is 5.91 Å². The number of imide groups is 1. The zero-order chi connectivity index (χ0) is 18.3. The normalized spacial score (nSPS) is 18.9. The molecule has 1 atom stereocenters. The number of fused-ring (bicyclic) bond motifs is 1. The largest absolute Gasteiger partial charge is 0.330 e. The first-order valence-corrected chi connectivity index (χ1v) is 8.46. The van der Waals surface area contributed by atoms with Gasteiger partial charge in [0.05, 0.1) is 17.6 Å². The Morgan fingerprint density at radius 2 is 2.07 bits per heavy atom. The van der Waals surface area contributed by atoms with Gasteiger partial charge in [-0.15, -0.1) is 17.5 Å². The summed E-state index contributed by atoms with van der Waals surface area (Å²) in [6, 6.07) is 4.75. The summed E-state index contributed by atoms with van der Waals surface area (Å²) < 4.78 is 1.63. The average Bonchev–Trinajstić information content (AvgIpc) is 3.21. The van der Waals surface area contributed by atoms with Crippen molar-refractivity contribution in [2.45, 2.75) is 31.8 Å². The van der Waals surface area contributed by atoms with Crippen LogP contribution in [0.5, 0.6) is 0 Å². The Hall–Kier alpha value is -2.78. The van der Waals surface area contributed by atoms with E-state index >= 15 is 0 Å². The first-order valence-electron chi connectivity index (χ1n) is 8.46. The average molecular weight is 391 g/mol. The third-order valence-electron chi connectivity index (χ3n) is 4.75. The summed E-state index contributed by atoms with van der Waals surface area (Å²) >= 11 is 0. The van der Waals surface area contributed by atoms with Crippen LogP contribution >= 0.6 is 12.4 Å². The maximum Gasteiger partial charge on any atom is 0.255 e. The van der Waals surface area contributed by atoms with Crippen molar-refractivity contribution < 1.29 is 14.4 Å². The fourth-order valence-electron chi connectivity index (χ4n) is 3.46. The second-order valence-electron chi connectivity index (χ2n) is 6.40. The molecule has 1 aromatic heterocycles. The topological polar surface area (TPSA) is 123 Å². The lowest BCUT2D eigenvalue weighted by Gasteiger charge is -2.29. The van der Waals surface area contributed by atoms with Crippen LogP contribution in [0.4, 0.5) is 0 Å². The Kier molecular flexibility index (Phi) is 5.24. The Bertz CT molecular complexity index is 912. The number of carbonyl (C=O) groups is 3. The third-order valence-corrected chi connectivity index (χ3v) is 4.75. The number of amides is 3. The first kappa shape index (κ1) is 19.0. The summed E-state index contributed by atoms with van der Waals surface area (Å²) in [5.41, 5.74) is 8.42. The van der Waals surface area contributed by atoms with Crippen molar-refractivity contribution in [2.75, 3.05) is 6.54 Å². The standard InChI is InChI=1S/C17H18N6O3.ClH/c18-7-6-10-8-23(21-20-10)13-3-1-2-11-12(13)9-22(17(11)26)14-4-5-15(24)19-16(14)25;/h1-3,8,14H,4-7,9,18H2,(H,19,24,25);1H. The van der Waals surface area contributed by atoms with E-state index in [2.05, 4.69) is 15.6 Å². The van der Waals surface area contributed by atoms with E-state index in [1.165, 1.54) is 4.90 Å². The zero-order valence-electron chi connectivity index (χ0n) is 14.4. The van der Waals surface area contributed by atoms with Gasteiger partial charge in [0, 0.05) is 30.5 Å². The van der Waals surface area contributed by atoms with E-state index in [0.717, 1.165) is 16.9 Å². The summed E-state index contributed by atoms with van der Waals surface area (Å²) in [5, 5.41) is 10.5. The molecule has 2 aliphatic heterocycles. The molecule has 142 valence electrons. The molecule has 9 nitrogen and oxygen atoms in total. The monoisotopic (exact) mass is 390 g/mol. The zero-order valence-corrected chi connectivity index (χ0v) is 15.2. The smallest absolute Gasteiger partial charge is 0.255 e. The van der Waals surface area contributed by atoms with Crippen molar-refractivity contribution in [1.29, 1.82) is 0 Å². The maximum atomic E-state index is 12.8. The Labute approximate surface area is 161 Å². The molecule has 1 aromatic carbocycles. The van der Waals surface area contributed by atoms with Crippen LogP contribution in [0.3, 0.4) is 0 Å². The molecular formula is C17H19ClN6O3. The van der Waals surface area contributed by atoms with Gasteiger partial charge < -0.3 is 10.6 Å². The number of nitrogens with two attached hydrogens (primary N) is 1. The lowest BCUT2D eigenvalue weighted by atomic mass is 10.0. The number of benzene rings is 1. The van der Waals surface area contributed by atoms with Crippen LogP contribution in [0.1, 0.15) is 34.5 Å². The van der Waals surface area contributed by atoms with E-state index in [1.54, 1.807) is 23.0 Å². The molecule has 1 saturated heterocycles. The van der Waals surface area contributed by atoms with Gasteiger partial charge >= 0.3 is 0 Å². The molecule has 0 aliphatic carbocycles. The lowest BCUT2D eigenvalue weighted by molar-refractivity contribution is -0.136. The van der Waals surface area contributed by atoms with E-state index in [9.17, 15) is 14.4 Å². The summed E-state index contributed by atoms with van der Waals surface area (Å²) in [4.78, 5) is 37.9. The summed E-state index contributed by atoms with van der Waals surface area (Å²) in [6.07, 6.45) is 2.98. The summed E-state index contributed by atoms with van der Waals surface area (Å²) in [7, 11) is 0. The van der Waals surface area contributed by atoms with Crippen molar-refractivity contribution in [3.8, 4) is 5.69 Å². The van der Waals surface area contributed by atoms with E-state index < -0.39 is 11.9 Å². The molecule has 2 aliphatic rings. The van der Waals surface area contributed by atoms with Crippen LogP contribution in [-0.4, -0.2) is 50.2 Å². The first-order chi connectivity index (χ1) is 12.6. The van der Waals surface area contributed by atoms with Crippen molar-refractivity contribution in [3.63, 3.8) is 0 Å². The SMILES string of the molecule is Cl.NCCc1cn(-c2cccc3c2CN(C2CCC(=O)NC2=O)C3=O)nn1. The molecule has 3 heterocycles. The molecule has 0 spiro atoms. The number of hydrogen-bond acceptors (Lipinski definition) is 6. The number of hydrogen-bond donors (Lipinski definition) is 2. The van der Waals surface area contributed by atoms with Gasteiger partial charge in [-0.1, -0.05) is 11.3 Å². The molecule has 27 heavy (non-hydrogen) atoms. The number of rotatable bonds is 4. The molecule has 1 unspecified atom stereocenters. The predicted octanol–water partition coefficient (Wildman–Crippen LogP) is -0.0487. The summed E-state index contributed by atoms with van der Waals surface area (Å²) in [5.74, 6) is -0.931. The van der Waals surface area contributed by atoms with E-state index in [0.29, 0.717) is 31.5 Å². The lowest BCUT2D eigenvalue weighted by Crippen LogP contribution is -2.52. The quantitative estimate of drug-likeness (QED) is 0.705. The van der Waals surface area contributed by atoms with Gasteiger partial charge in [-0.3, -0.25) is 19.7 Å². The highest BCUT2D eigenvalue weighted by atomic mass is 35.5. The Balaban J connectivity index is 0.00000210. The fraction of sp³-hybridized carbons (Fsp3) is 0.353. The van der Waals surface area contributed by atoms with Gasteiger partial charge in [0.2, 0.25) is 11.8 Å². The van der Waals surface area contributed by atoms with Gasteiger partial charge in [0.1, 0.15) is 6.04 Å². The summed E-state index contributed by atoms with van der Waals surface area (Å²) in [6.45, 7) is 0.774. The van der Waals surface area contributed by atoms with E-state index in [-0.39, 0.29) is 30.6 Å². The second-order valence-corrected chi connectivity index (χ2v) is 6.40. The number of piperidine rings is 1. The molecule has 3 N–H and O–H groups in total.